The maximum absolute atomic E-state index is 12.5. The number of hydrogen-bond donors (Lipinski definition) is 1. The van der Waals surface area contributed by atoms with Gasteiger partial charge in [-0.1, -0.05) is 0 Å². The second kappa shape index (κ2) is 5.12. The van der Waals surface area contributed by atoms with Crippen molar-refractivity contribution in [3.8, 4) is 0 Å². The number of halogens is 3. The summed E-state index contributed by atoms with van der Waals surface area (Å²) in [6.07, 6.45) is -3.47. The molecule has 120 valence electrons. The molecular weight excluding hydrogens is 339 g/mol. The Kier molecular flexibility index (Phi) is 3.63. The molecule has 3 heterocycles. The van der Waals surface area contributed by atoms with Gasteiger partial charge in [-0.15, -0.1) is 23.1 Å². The van der Waals surface area contributed by atoms with Crippen LogP contribution in [0.2, 0.25) is 0 Å². The summed E-state index contributed by atoms with van der Waals surface area (Å²) in [5.74, 6) is -0.150. The number of thiazole rings is 1. The van der Waals surface area contributed by atoms with E-state index in [1.165, 1.54) is 11.8 Å². The van der Waals surface area contributed by atoms with Crippen molar-refractivity contribution in [2.45, 2.75) is 36.9 Å². The first-order valence-corrected chi connectivity index (χ1v) is 8.37. The summed E-state index contributed by atoms with van der Waals surface area (Å²) in [7, 11) is 0. The smallest absolute Gasteiger partial charge is 0.315 e. The highest BCUT2D eigenvalue weighted by Gasteiger charge is 2.53. The van der Waals surface area contributed by atoms with Gasteiger partial charge in [-0.2, -0.15) is 13.2 Å². The molecule has 2 fully saturated rings. The van der Waals surface area contributed by atoms with E-state index in [-0.39, 0.29) is 15.9 Å². The predicted molar refractivity (Wildman–Crippen MR) is 76.5 cm³/mol. The summed E-state index contributed by atoms with van der Waals surface area (Å²) in [4.78, 5) is 28.7. The summed E-state index contributed by atoms with van der Waals surface area (Å²) in [5, 5.41) is 3.13. The Morgan fingerprint density at radius 1 is 1.55 bits per heavy atom. The zero-order valence-electron chi connectivity index (χ0n) is 11.4. The van der Waals surface area contributed by atoms with E-state index < -0.39 is 23.8 Å². The van der Waals surface area contributed by atoms with E-state index in [2.05, 4.69) is 10.3 Å². The molecule has 2 amide bonds. The maximum Gasteiger partial charge on any atom is 0.434 e. The minimum absolute atomic E-state index is 0.0947. The molecule has 2 unspecified atom stereocenters. The van der Waals surface area contributed by atoms with Gasteiger partial charge in [-0.25, -0.2) is 4.98 Å². The molecule has 0 radical (unpaired) electrons. The molecule has 22 heavy (non-hydrogen) atoms. The van der Waals surface area contributed by atoms with Crippen LogP contribution in [0.25, 0.3) is 0 Å². The Labute approximate surface area is 132 Å². The molecule has 2 aliphatic heterocycles. The number of nitrogens with one attached hydrogen (secondary N) is 1. The van der Waals surface area contributed by atoms with Crippen molar-refractivity contribution >= 4 is 40.0 Å². The highest BCUT2D eigenvalue weighted by molar-refractivity contribution is 8.01. The van der Waals surface area contributed by atoms with Crippen molar-refractivity contribution in [1.82, 2.24) is 9.88 Å². The van der Waals surface area contributed by atoms with Crippen molar-refractivity contribution < 1.29 is 22.8 Å². The molecule has 0 spiro atoms. The zero-order valence-corrected chi connectivity index (χ0v) is 13.1. The van der Waals surface area contributed by atoms with E-state index >= 15 is 0 Å². The second-order valence-electron chi connectivity index (χ2n) is 5.29. The number of anilines is 1. The van der Waals surface area contributed by atoms with Gasteiger partial charge < -0.3 is 10.2 Å². The van der Waals surface area contributed by atoms with Gasteiger partial charge in [0, 0.05) is 17.6 Å². The lowest BCUT2D eigenvalue weighted by Gasteiger charge is -2.29. The molecule has 5 nitrogen and oxygen atoms in total. The van der Waals surface area contributed by atoms with Crippen LogP contribution in [-0.2, 0) is 15.8 Å². The van der Waals surface area contributed by atoms with Crippen LogP contribution in [0.1, 0.15) is 25.5 Å². The fourth-order valence-corrected chi connectivity index (χ4v) is 4.82. The first kappa shape index (κ1) is 15.6. The van der Waals surface area contributed by atoms with Crippen LogP contribution in [0, 0.1) is 0 Å². The number of fused-ring (bicyclic) bond motifs is 1. The van der Waals surface area contributed by atoms with Gasteiger partial charge in [0.15, 0.2) is 10.8 Å². The van der Waals surface area contributed by atoms with E-state index in [4.69, 9.17) is 0 Å². The minimum Gasteiger partial charge on any atom is -0.315 e. The molecule has 1 aromatic heterocycles. The Morgan fingerprint density at radius 2 is 2.27 bits per heavy atom. The fourth-order valence-electron chi connectivity index (χ4n) is 2.66. The van der Waals surface area contributed by atoms with Gasteiger partial charge in [0.1, 0.15) is 6.04 Å². The largest absolute Gasteiger partial charge is 0.434 e. The van der Waals surface area contributed by atoms with Crippen molar-refractivity contribution in [3.05, 3.63) is 11.1 Å². The first-order valence-electron chi connectivity index (χ1n) is 6.50. The predicted octanol–water partition coefficient (Wildman–Crippen LogP) is 2.55. The summed E-state index contributed by atoms with van der Waals surface area (Å²) in [5.41, 5.74) is -1.03. The molecule has 0 saturated carbocycles. The standard InChI is InChI=1S/C12H12F3N3O2S2/c1-11-3-2-8(19)18(11)6(4-22-11)9(20)17-10-16-7(5-21-10)12(13,14)15/h5-6H,2-4H2,1H3,(H,16,17,20). The Balaban J connectivity index is 1.73. The van der Waals surface area contributed by atoms with Gasteiger partial charge in [-0.3, -0.25) is 9.59 Å². The highest BCUT2D eigenvalue weighted by atomic mass is 32.2. The van der Waals surface area contributed by atoms with Crippen LogP contribution < -0.4 is 5.32 Å². The van der Waals surface area contributed by atoms with Gasteiger partial charge >= 0.3 is 6.18 Å². The monoisotopic (exact) mass is 351 g/mol. The molecule has 1 aromatic rings. The number of alkyl halides is 3. The molecule has 3 rings (SSSR count). The van der Waals surface area contributed by atoms with E-state index in [1.807, 2.05) is 6.92 Å². The number of aromatic nitrogens is 1. The lowest BCUT2D eigenvalue weighted by Crippen LogP contribution is -2.48. The first-order chi connectivity index (χ1) is 10.2. The van der Waals surface area contributed by atoms with Crippen molar-refractivity contribution in [2.24, 2.45) is 0 Å². The normalized spacial score (nSPS) is 28.1. The average Bonchev–Trinajstić information content (AvgIpc) is 3.06. The topological polar surface area (TPSA) is 62.3 Å². The average molecular weight is 351 g/mol. The molecule has 0 aliphatic carbocycles. The van der Waals surface area contributed by atoms with E-state index in [1.54, 1.807) is 4.90 Å². The lowest BCUT2D eigenvalue weighted by molar-refractivity contribution is -0.140. The van der Waals surface area contributed by atoms with E-state index in [0.717, 1.165) is 5.38 Å². The Morgan fingerprint density at radius 3 is 2.91 bits per heavy atom. The lowest BCUT2D eigenvalue weighted by atomic mass is 10.2. The number of carbonyl (C=O) groups excluding carboxylic acids is 2. The van der Waals surface area contributed by atoms with Crippen molar-refractivity contribution in [3.63, 3.8) is 0 Å². The Bertz CT molecular complexity index is 633. The third-order valence-electron chi connectivity index (χ3n) is 3.77. The van der Waals surface area contributed by atoms with Gasteiger partial charge in [0.2, 0.25) is 11.8 Å². The number of nitrogens with zero attached hydrogens (tertiary/aromatic N) is 2. The van der Waals surface area contributed by atoms with Crippen LogP contribution in [0.3, 0.4) is 0 Å². The molecule has 2 atom stereocenters. The van der Waals surface area contributed by atoms with E-state index in [9.17, 15) is 22.8 Å². The number of thioether (sulfide) groups is 1. The third kappa shape index (κ3) is 2.58. The number of rotatable bonds is 2. The van der Waals surface area contributed by atoms with Crippen LogP contribution in [0.4, 0.5) is 18.3 Å². The summed E-state index contributed by atoms with van der Waals surface area (Å²) in [6, 6.07) is -0.664. The number of hydrogen-bond acceptors (Lipinski definition) is 5. The molecular formula is C12H12F3N3O2S2. The van der Waals surface area contributed by atoms with Crippen LogP contribution in [0.15, 0.2) is 5.38 Å². The fraction of sp³-hybridized carbons (Fsp3) is 0.583. The molecule has 2 saturated heterocycles. The van der Waals surface area contributed by atoms with E-state index in [0.29, 0.717) is 29.9 Å². The number of carbonyl (C=O) groups is 2. The summed E-state index contributed by atoms with van der Waals surface area (Å²) in [6.45, 7) is 1.90. The molecule has 1 N–H and O–H groups in total. The molecule has 10 heteroatoms. The number of amides is 2. The van der Waals surface area contributed by atoms with Crippen LogP contribution in [-0.4, -0.2) is 38.4 Å². The quantitative estimate of drug-likeness (QED) is 0.890. The van der Waals surface area contributed by atoms with Crippen LogP contribution in [0.5, 0.6) is 0 Å². The molecule has 0 bridgehead atoms. The van der Waals surface area contributed by atoms with Gasteiger partial charge in [0.05, 0.1) is 4.87 Å². The highest BCUT2D eigenvalue weighted by Crippen LogP contribution is 2.47. The molecule has 0 aromatic carbocycles. The van der Waals surface area contributed by atoms with Crippen molar-refractivity contribution in [2.75, 3.05) is 11.1 Å². The third-order valence-corrected chi connectivity index (χ3v) is 6.04. The second-order valence-corrected chi connectivity index (χ2v) is 7.65. The summed E-state index contributed by atoms with van der Waals surface area (Å²) < 4.78 is 37.5. The minimum atomic E-state index is -4.54. The summed E-state index contributed by atoms with van der Waals surface area (Å²) >= 11 is 2.24. The zero-order chi connectivity index (χ0) is 16.1. The van der Waals surface area contributed by atoms with Crippen molar-refractivity contribution in [1.29, 1.82) is 0 Å². The molecule has 2 aliphatic rings. The van der Waals surface area contributed by atoms with Gasteiger partial charge in [-0.05, 0) is 13.3 Å². The van der Waals surface area contributed by atoms with Crippen LogP contribution >= 0.6 is 23.1 Å². The van der Waals surface area contributed by atoms with Gasteiger partial charge in [0.25, 0.3) is 0 Å². The Hall–Kier alpha value is -1.29. The SMILES string of the molecule is CC12CCC(=O)N1C(C(=O)Nc1nc(C(F)(F)F)cs1)CS2. The maximum atomic E-state index is 12.5.